The molecule has 0 radical (unpaired) electrons. The number of nitrogens with one attached hydrogen (secondary N) is 1. The van der Waals surface area contributed by atoms with E-state index in [1.54, 1.807) is 0 Å². The lowest BCUT2D eigenvalue weighted by Crippen LogP contribution is -2.44. The molecular weight excluding hydrogens is 194 g/mol. The predicted octanol–water partition coefficient (Wildman–Crippen LogP) is -0.736. The Morgan fingerprint density at radius 3 is 2.93 bits per heavy atom. The highest BCUT2D eigenvalue weighted by Gasteiger charge is 2.29. The molecule has 0 bridgehead atoms. The van der Waals surface area contributed by atoms with Crippen LogP contribution in [-0.2, 0) is 6.54 Å². The highest BCUT2D eigenvalue weighted by Crippen LogP contribution is 2.19. The summed E-state index contributed by atoms with van der Waals surface area (Å²) in [5, 5.41) is 25.9. The molecule has 2 rings (SSSR count). The fourth-order valence-corrected chi connectivity index (χ4v) is 1.77. The Balaban J connectivity index is 2.04. The van der Waals surface area contributed by atoms with Crippen molar-refractivity contribution in [2.24, 2.45) is 0 Å². The van der Waals surface area contributed by atoms with Gasteiger partial charge in [0.25, 0.3) is 5.82 Å². The van der Waals surface area contributed by atoms with E-state index in [-0.39, 0.29) is 5.82 Å². The van der Waals surface area contributed by atoms with E-state index in [1.165, 1.54) is 11.0 Å². The molecule has 1 fully saturated rings. The zero-order valence-corrected chi connectivity index (χ0v) is 8.35. The molecule has 0 unspecified atom stereocenters. The van der Waals surface area contributed by atoms with Gasteiger partial charge in [-0.05, 0) is 25.9 Å². The average Bonchev–Trinajstić information content (AvgIpc) is 2.66. The molecule has 6 heteroatoms. The highest BCUT2D eigenvalue weighted by molar-refractivity contribution is 5.05. The molecule has 2 heterocycles. The van der Waals surface area contributed by atoms with Crippen LogP contribution < -0.4 is 5.32 Å². The molecule has 1 aromatic heterocycles. The van der Waals surface area contributed by atoms with Gasteiger partial charge in [0.1, 0.15) is 12.4 Å². The van der Waals surface area contributed by atoms with Gasteiger partial charge in [-0.15, -0.1) is 5.10 Å². The molecule has 15 heavy (non-hydrogen) atoms. The van der Waals surface area contributed by atoms with Gasteiger partial charge in [-0.25, -0.2) is 9.67 Å². The van der Waals surface area contributed by atoms with Crippen LogP contribution in [-0.4, -0.2) is 38.6 Å². The number of hydrogen-bond acceptors (Lipinski definition) is 5. The molecule has 0 saturated carbocycles. The SMILES string of the molecule is N#Cc1ncn(CC2(O)CCNCC2)n1. The molecule has 1 aromatic rings. The van der Waals surface area contributed by atoms with Crippen LogP contribution in [0.2, 0.25) is 0 Å². The first kappa shape index (κ1) is 10.1. The van der Waals surface area contributed by atoms with Crippen molar-refractivity contribution >= 4 is 0 Å². The fourth-order valence-electron chi connectivity index (χ4n) is 1.77. The van der Waals surface area contributed by atoms with Crippen LogP contribution in [0.25, 0.3) is 0 Å². The van der Waals surface area contributed by atoms with Gasteiger partial charge < -0.3 is 10.4 Å². The molecule has 0 atom stereocenters. The van der Waals surface area contributed by atoms with Crippen molar-refractivity contribution in [3.63, 3.8) is 0 Å². The summed E-state index contributed by atoms with van der Waals surface area (Å²) in [7, 11) is 0. The van der Waals surface area contributed by atoms with Crippen LogP contribution in [0.4, 0.5) is 0 Å². The lowest BCUT2D eigenvalue weighted by atomic mass is 9.93. The van der Waals surface area contributed by atoms with Gasteiger partial charge >= 0.3 is 0 Å². The van der Waals surface area contributed by atoms with Gasteiger partial charge in [0.15, 0.2) is 0 Å². The second-order valence-electron chi connectivity index (χ2n) is 3.85. The normalized spacial score (nSPS) is 19.7. The fraction of sp³-hybridized carbons (Fsp3) is 0.667. The van der Waals surface area contributed by atoms with E-state index in [0.29, 0.717) is 19.4 Å². The molecule has 1 saturated heterocycles. The van der Waals surface area contributed by atoms with Crippen LogP contribution in [0.1, 0.15) is 18.7 Å². The summed E-state index contributed by atoms with van der Waals surface area (Å²) in [5.41, 5.74) is -0.717. The third kappa shape index (κ3) is 2.32. The standard InChI is InChI=1S/C9H13N5O/c10-5-8-12-7-14(13-8)6-9(15)1-3-11-4-2-9/h7,11,15H,1-4,6H2. The van der Waals surface area contributed by atoms with Crippen molar-refractivity contribution in [2.45, 2.75) is 25.0 Å². The lowest BCUT2D eigenvalue weighted by Gasteiger charge is -2.32. The van der Waals surface area contributed by atoms with Crippen LogP contribution >= 0.6 is 0 Å². The predicted molar refractivity (Wildman–Crippen MR) is 51.8 cm³/mol. The monoisotopic (exact) mass is 207 g/mol. The third-order valence-corrected chi connectivity index (χ3v) is 2.63. The first-order valence-corrected chi connectivity index (χ1v) is 4.94. The quantitative estimate of drug-likeness (QED) is 0.667. The van der Waals surface area contributed by atoms with Gasteiger partial charge in [-0.1, -0.05) is 0 Å². The molecule has 1 aliphatic heterocycles. The molecule has 6 nitrogen and oxygen atoms in total. The minimum absolute atomic E-state index is 0.146. The number of rotatable bonds is 2. The molecule has 0 spiro atoms. The smallest absolute Gasteiger partial charge is 0.252 e. The van der Waals surface area contributed by atoms with Crippen LogP contribution in [0.3, 0.4) is 0 Å². The Hall–Kier alpha value is -1.45. The van der Waals surface area contributed by atoms with E-state index in [0.717, 1.165) is 13.1 Å². The minimum Gasteiger partial charge on any atom is -0.388 e. The van der Waals surface area contributed by atoms with E-state index in [9.17, 15) is 5.11 Å². The number of hydrogen-bond donors (Lipinski definition) is 2. The lowest BCUT2D eigenvalue weighted by molar-refractivity contribution is -0.00833. The van der Waals surface area contributed by atoms with Crippen molar-refractivity contribution in [1.82, 2.24) is 20.1 Å². The van der Waals surface area contributed by atoms with Gasteiger partial charge in [0.2, 0.25) is 0 Å². The first-order valence-electron chi connectivity index (χ1n) is 4.94. The molecule has 0 amide bonds. The molecule has 80 valence electrons. The first-order chi connectivity index (χ1) is 7.22. The summed E-state index contributed by atoms with van der Waals surface area (Å²) in [5.74, 6) is 0.146. The zero-order chi connectivity index (χ0) is 10.7. The van der Waals surface area contributed by atoms with E-state index < -0.39 is 5.60 Å². The summed E-state index contributed by atoms with van der Waals surface area (Å²) >= 11 is 0. The Labute approximate surface area is 87.5 Å². The molecular formula is C9H13N5O. The summed E-state index contributed by atoms with van der Waals surface area (Å²) in [6.07, 6.45) is 2.89. The maximum absolute atomic E-state index is 10.2. The summed E-state index contributed by atoms with van der Waals surface area (Å²) in [4.78, 5) is 3.80. The molecule has 0 aliphatic carbocycles. The van der Waals surface area contributed by atoms with Crippen molar-refractivity contribution < 1.29 is 5.11 Å². The van der Waals surface area contributed by atoms with Crippen molar-refractivity contribution in [1.29, 1.82) is 5.26 Å². The minimum atomic E-state index is -0.717. The van der Waals surface area contributed by atoms with Crippen LogP contribution in [0.5, 0.6) is 0 Å². The van der Waals surface area contributed by atoms with E-state index in [1.807, 2.05) is 6.07 Å². The third-order valence-electron chi connectivity index (χ3n) is 2.63. The largest absolute Gasteiger partial charge is 0.388 e. The van der Waals surface area contributed by atoms with E-state index in [2.05, 4.69) is 15.4 Å². The number of nitriles is 1. The number of aliphatic hydroxyl groups is 1. The molecule has 1 aliphatic rings. The second-order valence-corrected chi connectivity index (χ2v) is 3.85. The molecule has 0 aromatic carbocycles. The molecule has 2 N–H and O–H groups in total. The second kappa shape index (κ2) is 3.96. The van der Waals surface area contributed by atoms with E-state index in [4.69, 9.17) is 5.26 Å². The Morgan fingerprint density at radius 2 is 2.33 bits per heavy atom. The maximum Gasteiger partial charge on any atom is 0.252 e. The van der Waals surface area contributed by atoms with Crippen molar-refractivity contribution in [3.05, 3.63) is 12.2 Å². The van der Waals surface area contributed by atoms with Crippen LogP contribution in [0, 0.1) is 11.3 Å². The zero-order valence-electron chi connectivity index (χ0n) is 8.35. The highest BCUT2D eigenvalue weighted by atomic mass is 16.3. The summed E-state index contributed by atoms with van der Waals surface area (Å²) in [6, 6.07) is 1.86. The number of aromatic nitrogens is 3. The summed E-state index contributed by atoms with van der Waals surface area (Å²) < 4.78 is 1.53. The number of nitrogens with zero attached hydrogens (tertiary/aromatic N) is 4. The number of piperidine rings is 1. The van der Waals surface area contributed by atoms with Gasteiger partial charge in [0, 0.05) is 0 Å². The summed E-state index contributed by atoms with van der Waals surface area (Å²) in [6.45, 7) is 2.04. The Kier molecular flexibility index (Phi) is 2.66. The van der Waals surface area contributed by atoms with E-state index >= 15 is 0 Å². The van der Waals surface area contributed by atoms with Crippen molar-refractivity contribution in [2.75, 3.05) is 13.1 Å². The maximum atomic E-state index is 10.2. The average molecular weight is 207 g/mol. The van der Waals surface area contributed by atoms with Gasteiger partial charge in [-0.2, -0.15) is 5.26 Å². The van der Waals surface area contributed by atoms with Crippen molar-refractivity contribution in [3.8, 4) is 6.07 Å². The Bertz CT molecular complexity index is 374. The van der Waals surface area contributed by atoms with Crippen LogP contribution in [0.15, 0.2) is 6.33 Å². The Morgan fingerprint density at radius 1 is 1.60 bits per heavy atom. The van der Waals surface area contributed by atoms with Gasteiger partial charge in [0.05, 0.1) is 12.1 Å². The van der Waals surface area contributed by atoms with Gasteiger partial charge in [-0.3, -0.25) is 0 Å². The topological polar surface area (TPSA) is 86.8 Å².